The lowest BCUT2D eigenvalue weighted by atomic mass is 10.2. The predicted octanol–water partition coefficient (Wildman–Crippen LogP) is 0.626. The Morgan fingerprint density at radius 3 is 2.32 bits per heavy atom. The molecule has 0 N–H and O–H groups in total. The Hall–Kier alpha value is -1.87. The quantitative estimate of drug-likeness (QED) is 0.701. The molecule has 140 valence electrons. The SMILES string of the molecule is CCCN(CCC(=O)N1CCN(C(=O)c2ccco2)CC1)S(C)(=O)=O. The fraction of sp³-hybridized carbons (Fsp3) is 0.625. The second kappa shape index (κ2) is 8.48. The van der Waals surface area contributed by atoms with Crippen molar-refractivity contribution in [2.24, 2.45) is 0 Å². The highest BCUT2D eigenvalue weighted by molar-refractivity contribution is 7.88. The number of carbonyl (C=O) groups is 2. The fourth-order valence-corrected chi connectivity index (χ4v) is 3.72. The third-order valence-corrected chi connectivity index (χ3v) is 5.47. The summed E-state index contributed by atoms with van der Waals surface area (Å²) in [5.41, 5.74) is 0. The predicted molar refractivity (Wildman–Crippen MR) is 92.5 cm³/mol. The number of hydrogen-bond acceptors (Lipinski definition) is 5. The molecule has 0 unspecified atom stereocenters. The van der Waals surface area contributed by atoms with Crippen molar-refractivity contribution in [2.75, 3.05) is 45.5 Å². The summed E-state index contributed by atoms with van der Waals surface area (Å²) in [6, 6.07) is 3.28. The van der Waals surface area contributed by atoms with E-state index < -0.39 is 10.0 Å². The molecule has 0 aromatic carbocycles. The van der Waals surface area contributed by atoms with Gasteiger partial charge < -0.3 is 14.2 Å². The van der Waals surface area contributed by atoms with E-state index in [1.165, 1.54) is 10.6 Å². The van der Waals surface area contributed by atoms with Crippen LogP contribution in [0, 0.1) is 0 Å². The van der Waals surface area contributed by atoms with Crippen molar-refractivity contribution in [1.82, 2.24) is 14.1 Å². The largest absolute Gasteiger partial charge is 0.459 e. The first-order valence-corrected chi connectivity index (χ1v) is 10.2. The van der Waals surface area contributed by atoms with Crippen molar-refractivity contribution in [2.45, 2.75) is 19.8 Å². The molecule has 0 atom stereocenters. The number of carbonyl (C=O) groups excluding carboxylic acids is 2. The van der Waals surface area contributed by atoms with Crippen LogP contribution in [0.4, 0.5) is 0 Å². The normalized spacial score (nSPS) is 15.6. The Labute approximate surface area is 148 Å². The van der Waals surface area contributed by atoms with Gasteiger partial charge in [-0.3, -0.25) is 9.59 Å². The maximum Gasteiger partial charge on any atom is 0.289 e. The van der Waals surface area contributed by atoms with E-state index in [-0.39, 0.29) is 24.8 Å². The van der Waals surface area contributed by atoms with Crippen LogP contribution >= 0.6 is 0 Å². The summed E-state index contributed by atoms with van der Waals surface area (Å²) < 4.78 is 29.8. The van der Waals surface area contributed by atoms with Gasteiger partial charge in [0, 0.05) is 45.7 Å². The minimum absolute atomic E-state index is 0.0881. The first-order chi connectivity index (χ1) is 11.8. The standard InChI is InChI=1S/C16H25N3O5S/c1-3-7-19(25(2,22)23)8-6-15(20)17-9-11-18(12-10-17)16(21)14-5-4-13-24-14/h4-5,13H,3,6-12H2,1-2H3. The van der Waals surface area contributed by atoms with E-state index in [2.05, 4.69) is 0 Å². The average molecular weight is 371 g/mol. The molecule has 0 saturated carbocycles. The average Bonchev–Trinajstić information content (AvgIpc) is 3.11. The minimum atomic E-state index is -3.30. The number of hydrogen-bond donors (Lipinski definition) is 0. The summed E-state index contributed by atoms with van der Waals surface area (Å²) in [4.78, 5) is 27.8. The van der Waals surface area contributed by atoms with Gasteiger partial charge in [-0.25, -0.2) is 12.7 Å². The molecule has 0 radical (unpaired) electrons. The van der Waals surface area contributed by atoms with Crippen LogP contribution in [0.15, 0.2) is 22.8 Å². The molecule has 8 nitrogen and oxygen atoms in total. The molecule has 0 aliphatic carbocycles. The van der Waals surface area contributed by atoms with E-state index in [1.807, 2.05) is 6.92 Å². The monoisotopic (exact) mass is 371 g/mol. The highest BCUT2D eigenvalue weighted by Crippen LogP contribution is 2.11. The molecule has 1 aliphatic rings. The number of rotatable bonds is 7. The Bertz CT molecular complexity index is 679. The van der Waals surface area contributed by atoms with Crippen molar-refractivity contribution in [3.63, 3.8) is 0 Å². The van der Waals surface area contributed by atoms with Gasteiger partial charge in [-0.15, -0.1) is 0 Å². The van der Waals surface area contributed by atoms with Crippen LogP contribution in [0.5, 0.6) is 0 Å². The Morgan fingerprint density at radius 1 is 1.16 bits per heavy atom. The topological polar surface area (TPSA) is 91.1 Å². The van der Waals surface area contributed by atoms with Gasteiger partial charge in [-0.1, -0.05) is 6.92 Å². The second-order valence-electron chi connectivity index (χ2n) is 6.06. The van der Waals surface area contributed by atoms with E-state index in [0.29, 0.717) is 44.9 Å². The summed E-state index contributed by atoms with van der Waals surface area (Å²) in [6.45, 7) is 4.27. The minimum Gasteiger partial charge on any atom is -0.459 e. The molecule has 1 saturated heterocycles. The van der Waals surface area contributed by atoms with Crippen molar-refractivity contribution < 1.29 is 22.4 Å². The van der Waals surface area contributed by atoms with Gasteiger partial charge in [0.25, 0.3) is 5.91 Å². The zero-order valence-electron chi connectivity index (χ0n) is 14.7. The number of nitrogens with zero attached hydrogens (tertiary/aromatic N) is 3. The molecule has 1 aromatic rings. The van der Waals surface area contributed by atoms with Gasteiger partial charge >= 0.3 is 0 Å². The highest BCUT2D eigenvalue weighted by atomic mass is 32.2. The van der Waals surface area contributed by atoms with Gasteiger partial charge in [0.2, 0.25) is 15.9 Å². The van der Waals surface area contributed by atoms with Gasteiger partial charge in [-0.2, -0.15) is 0 Å². The Balaban J connectivity index is 1.82. The number of piperazine rings is 1. The number of furan rings is 1. The third-order valence-electron chi connectivity index (χ3n) is 4.17. The number of sulfonamides is 1. The maximum absolute atomic E-state index is 12.3. The first kappa shape index (κ1) is 19.5. The van der Waals surface area contributed by atoms with E-state index in [4.69, 9.17) is 4.42 Å². The van der Waals surface area contributed by atoms with E-state index in [9.17, 15) is 18.0 Å². The Kier molecular flexibility index (Phi) is 6.60. The molecular formula is C16H25N3O5S. The molecule has 25 heavy (non-hydrogen) atoms. The lowest BCUT2D eigenvalue weighted by Crippen LogP contribution is -2.51. The van der Waals surface area contributed by atoms with E-state index >= 15 is 0 Å². The molecular weight excluding hydrogens is 346 g/mol. The summed E-state index contributed by atoms with van der Waals surface area (Å²) in [5, 5.41) is 0. The van der Waals surface area contributed by atoms with Crippen molar-refractivity contribution >= 4 is 21.8 Å². The molecule has 0 bridgehead atoms. The molecule has 9 heteroatoms. The van der Waals surface area contributed by atoms with Crippen LogP contribution in [-0.4, -0.2) is 79.9 Å². The van der Waals surface area contributed by atoms with Crippen LogP contribution in [0.25, 0.3) is 0 Å². The summed E-state index contributed by atoms with van der Waals surface area (Å²) in [7, 11) is -3.30. The van der Waals surface area contributed by atoms with Crippen molar-refractivity contribution in [3.8, 4) is 0 Å². The van der Waals surface area contributed by atoms with E-state index in [0.717, 1.165) is 6.26 Å². The highest BCUT2D eigenvalue weighted by Gasteiger charge is 2.26. The first-order valence-electron chi connectivity index (χ1n) is 8.38. The van der Waals surface area contributed by atoms with Crippen LogP contribution < -0.4 is 0 Å². The van der Waals surface area contributed by atoms with Crippen LogP contribution in [-0.2, 0) is 14.8 Å². The molecule has 2 amide bonds. The molecule has 1 aromatic heterocycles. The van der Waals surface area contributed by atoms with Gasteiger partial charge in [0.1, 0.15) is 0 Å². The van der Waals surface area contributed by atoms with E-state index in [1.54, 1.807) is 21.9 Å². The number of amides is 2. The molecule has 1 aliphatic heterocycles. The van der Waals surface area contributed by atoms with Gasteiger partial charge in [0.05, 0.1) is 12.5 Å². The third kappa shape index (κ3) is 5.30. The zero-order valence-corrected chi connectivity index (χ0v) is 15.5. The molecule has 1 fully saturated rings. The van der Waals surface area contributed by atoms with Gasteiger partial charge in [-0.05, 0) is 18.6 Å². The Morgan fingerprint density at radius 2 is 1.80 bits per heavy atom. The fourth-order valence-electron chi connectivity index (χ4n) is 2.79. The molecule has 2 rings (SSSR count). The van der Waals surface area contributed by atoms with Crippen LogP contribution in [0.2, 0.25) is 0 Å². The zero-order chi connectivity index (χ0) is 18.4. The lowest BCUT2D eigenvalue weighted by molar-refractivity contribution is -0.132. The van der Waals surface area contributed by atoms with Crippen molar-refractivity contribution in [1.29, 1.82) is 0 Å². The van der Waals surface area contributed by atoms with Gasteiger partial charge in [0.15, 0.2) is 5.76 Å². The maximum atomic E-state index is 12.3. The summed E-state index contributed by atoms with van der Waals surface area (Å²) >= 11 is 0. The van der Waals surface area contributed by atoms with Crippen LogP contribution in [0.3, 0.4) is 0 Å². The summed E-state index contributed by atoms with van der Waals surface area (Å²) in [6.07, 6.45) is 3.47. The van der Waals surface area contributed by atoms with Crippen molar-refractivity contribution in [3.05, 3.63) is 24.2 Å². The lowest BCUT2D eigenvalue weighted by Gasteiger charge is -2.34. The summed E-state index contributed by atoms with van der Waals surface area (Å²) in [5.74, 6) is 0.0290. The molecule has 2 heterocycles. The van der Waals surface area contributed by atoms with Crippen LogP contribution in [0.1, 0.15) is 30.3 Å². The smallest absolute Gasteiger partial charge is 0.289 e. The molecule has 0 spiro atoms. The second-order valence-corrected chi connectivity index (χ2v) is 8.04.